The molecule has 0 saturated heterocycles. The number of carbonyl (C=O) groups excluding carboxylic acids is 1. The third-order valence-corrected chi connectivity index (χ3v) is 4.42. The number of nitrogens with zero attached hydrogens (tertiary/aromatic N) is 2. The molecule has 0 aliphatic rings. The van der Waals surface area contributed by atoms with E-state index < -0.39 is 12.0 Å². The van der Waals surface area contributed by atoms with Gasteiger partial charge in [0, 0.05) is 19.7 Å². The predicted octanol–water partition coefficient (Wildman–Crippen LogP) is 1.91. The van der Waals surface area contributed by atoms with Gasteiger partial charge in [-0.15, -0.1) is 11.3 Å². The highest BCUT2D eigenvalue weighted by atomic mass is 32.1. The van der Waals surface area contributed by atoms with Gasteiger partial charge >= 0.3 is 0 Å². The van der Waals surface area contributed by atoms with Crippen LogP contribution in [0.1, 0.15) is 21.4 Å². The zero-order chi connectivity index (χ0) is 18.5. The molecule has 0 aliphatic heterocycles. The van der Waals surface area contributed by atoms with Gasteiger partial charge < -0.3 is 24.3 Å². The highest BCUT2D eigenvalue weighted by molar-refractivity contribution is 7.18. The number of hydrogen-bond acceptors (Lipinski definition) is 8. The SMILES string of the molecule is COC[C@@H](O)CNC(=O)c1coc(COc2ccc3sc(C)nc3c2)n1. The van der Waals surface area contributed by atoms with Gasteiger partial charge in [-0.3, -0.25) is 4.79 Å². The van der Waals surface area contributed by atoms with Gasteiger partial charge in [-0.1, -0.05) is 0 Å². The number of carbonyl (C=O) groups is 1. The second kappa shape index (κ2) is 8.26. The van der Waals surface area contributed by atoms with Crippen LogP contribution in [0, 0.1) is 6.92 Å². The summed E-state index contributed by atoms with van der Waals surface area (Å²) in [7, 11) is 1.47. The van der Waals surface area contributed by atoms with Gasteiger partial charge in [0.05, 0.1) is 27.9 Å². The van der Waals surface area contributed by atoms with Gasteiger partial charge in [-0.25, -0.2) is 9.97 Å². The van der Waals surface area contributed by atoms with Crippen LogP contribution in [0.5, 0.6) is 5.75 Å². The van der Waals surface area contributed by atoms with Crippen LogP contribution in [0.2, 0.25) is 0 Å². The molecule has 3 aromatic rings. The van der Waals surface area contributed by atoms with E-state index in [1.165, 1.54) is 13.4 Å². The molecule has 1 atom stereocenters. The minimum atomic E-state index is -0.775. The number of rotatable bonds is 8. The zero-order valence-corrected chi connectivity index (χ0v) is 15.2. The highest BCUT2D eigenvalue weighted by Crippen LogP contribution is 2.25. The van der Waals surface area contributed by atoms with Gasteiger partial charge in [-0.2, -0.15) is 0 Å². The van der Waals surface area contributed by atoms with Gasteiger partial charge in [0.15, 0.2) is 12.3 Å². The summed E-state index contributed by atoms with van der Waals surface area (Å²) in [4.78, 5) is 20.5. The number of aliphatic hydroxyl groups is 1. The van der Waals surface area contributed by atoms with Crippen molar-refractivity contribution in [3.05, 3.63) is 41.1 Å². The van der Waals surface area contributed by atoms with Crippen molar-refractivity contribution in [3.63, 3.8) is 0 Å². The number of hydrogen-bond donors (Lipinski definition) is 2. The Morgan fingerprint density at radius 2 is 2.27 bits per heavy atom. The molecule has 1 aromatic carbocycles. The van der Waals surface area contributed by atoms with E-state index in [0.717, 1.165) is 15.2 Å². The minimum Gasteiger partial charge on any atom is -0.484 e. The summed E-state index contributed by atoms with van der Waals surface area (Å²) in [6.07, 6.45) is 0.479. The maximum absolute atomic E-state index is 12.0. The molecule has 2 N–H and O–H groups in total. The predicted molar refractivity (Wildman–Crippen MR) is 95.4 cm³/mol. The van der Waals surface area contributed by atoms with E-state index >= 15 is 0 Å². The number of aliphatic hydroxyl groups excluding tert-OH is 1. The van der Waals surface area contributed by atoms with Gasteiger partial charge in [-0.05, 0) is 19.1 Å². The summed E-state index contributed by atoms with van der Waals surface area (Å²) >= 11 is 1.62. The van der Waals surface area contributed by atoms with Crippen LogP contribution in [0.4, 0.5) is 0 Å². The lowest BCUT2D eigenvalue weighted by molar-refractivity contribution is 0.0608. The number of oxazole rings is 1. The van der Waals surface area contributed by atoms with Crippen molar-refractivity contribution in [2.75, 3.05) is 20.3 Å². The number of thiazole rings is 1. The quantitative estimate of drug-likeness (QED) is 0.617. The maximum Gasteiger partial charge on any atom is 0.273 e. The van der Waals surface area contributed by atoms with E-state index in [0.29, 0.717) is 5.75 Å². The smallest absolute Gasteiger partial charge is 0.273 e. The number of ether oxygens (including phenoxy) is 2. The van der Waals surface area contributed by atoms with Gasteiger partial charge in [0.25, 0.3) is 5.91 Å². The zero-order valence-electron chi connectivity index (χ0n) is 14.4. The average Bonchev–Trinajstić information content (AvgIpc) is 3.23. The van der Waals surface area contributed by atoms with Crippen LogP contribution in [0.15, 0.2) is 28.9 Å². The van der Waals surface area contributed by atoms with Crippen molar-refractivity contribution in [2.45, 2.75) is 19.6 Å². The van der Waals surface area contributed by atoms with E-state index in [-0.39, 0.29) is 31.3 Å². The number of aromatic nitrogens is 2. The van der Waals surface area contributed by atoms with E-state index in [1.807, 2.05) is 25.1 Å². The highest BCUT2D eigenvalue weighted by Gasteiger charge is 2.14. The molecule has 0 bridgehead atoms. The van der Waals surface area contributed by atoms with Crippen molar-refractivity contribution in [1.82, 2.24) is 15.3 Å². The monoisotopic (exact) mass is 377 g/mol. The molecule has 3 rings (SSSR count). The Kier molecular flexibility index (Phi) is 5.82. The van der Waals surface area contributed by atoms with Gasteiger partial charge in [0.2, 0.25) is 5.89 Å². The number of amides is 1. The fourth-order valence-electron chi connectivity index (χ4n) is 2.29. The molecule has 1 amide bonds. The first kappa shape index (κ1) is 18.3. The van der Waals surface area contributed by atoms with Gasteiger partial charge in [0.1, 0.15) is 12.0 Å². The van der Waals surface area contributed by atoms with E-state index in [1.54, 1.807) is 11.3 Å². The van der Waals surface area contributed by atoms with Crippen molar-refractivity contribution >= 4 is 27.5 Å². The molecular formula is C17H19N3O5S. The summed E-state index contributed by atoms with van der Waals surface area (Å²) in [5.74, 6) is 0.492. The lowest BCUT2D eigenvalue weighted by Crippen LogP contribution is -2.34. The largest absolute Gasteiger partial charge is 0.484 e. The van der Waals surface area contributed by atoms with Crippen LogP contribution in [0.25, 0.3) is 10.2 Å². The second-order valence-electron chi connectivity index (χ2n) is 5.60. The number of aryl methyl sites for hydroxylation is 1. The molecule has 0 saturated carbocycles. The van der Waals surface area contributed by atoms with Crippen LogP contribution in [-0.4, -0.2) is 47.3 Å². The first-order valence-corrected chi connectivity index (χ1v) is 8.76. The number of methoxy groups -OCH3 is 1. The molecule has 0 unspecified atom stereocenters. The van der Waals surface area contributed by atoms with E-state index in [9.17, 15) is 9.90 Å². The lowest BCUT2D eigenvalue weighted by Gasteiger charge is -2.09. The standard InChI is InChI=1S/C17H19N3O5S/c1-10-19-13-5-12(3-4-15(13)26-10)24-9-16-20-14(8-25-16)17(22)18-6-11(21)7-23-2/h3-5,8,11,21H,6-7,9H2,1-2H3,(H,18,22)/t11-/m0/s1. The number of benzene rings is 1. The lowest BCUT2D eigenvalue weighted by atomic mass is 10.3. The third kappa shape index (κ3) is 4.57. The first-order valence-electron chi connectivity index (χ1n) is 7.94. The molecule has 8 nitrogen and oxygen atoms in total. The van der Waals surface area contributed by atoms with Crippen molar-refractivity contribution < 1.29 is 23.8 Å². The topological polar surface area (TPSA) is 107 Å². The van der Waals surface area contributed by atoms with Crippen LogP contribution >= 0.6 is 11.3 Å². The van der Waals surface area contributed by atoms with Crippen molar-refractivity contribution in [2.24, 2.45) is 0 Å². The maximum atomic E-state index is 12.0. The first-order chi connectivity index (χ1) is 12.5. The summed E-state index contributed by atoms with van der Waals surface area (Å²) < 4.78 is 16.8. The fourth-order valence-corrected chi connectivity index (χ4v) is 3.10. The molecule has 2 heterocycles. The Morgan fingerprint density at radius 1 is 1.42 bits per heavy atom. The number of fused-ring (bicyclic) bond motifs is 1. The summed E-state index contributed by atoms with van der Waals surface area (Å²) in [6, 6.07) is 5.66. The summed E-state index contributed by atoms with van der Waals surface area (Å²) in [5, 5.41) is 13.1. The number of nitrogens with one attached hydrogen (secondary N) is 1. The van der Waals surface area contributed by atoms with Crippen LogP contribution in [-0.2, 0) is 11.3 Å². The van der Waals surface area contributed by atoms with Crippen LogP contribution in [0.3, 0.4) is 0 Å². The third-order valence-electron chi connectivity index (χ3n) is 3.47. The van der Waals surface area contributed by atoms with E-state index in [2.05, 4.69) is 15.3 Å². The molecule has 0 spiro atoms. The fraction of sp³-hybridized carbons (Fsp3) is 0.353. The Bertz CT molecular complexity index is 892. The molecule has 0 radical (unpaired) electrons. The second-order valence-corrected chi connectivity index (χ2v) is 6.83. The normalized spacial score (nSPS) is 12.3. The van der Waals surface area contributed by atoms with Crippen LogP contribution < -0.4 is 10.1 Å². The Labute approximate surface area is 153 Å². The molecule has 0 aliphatic carbocycles. The molecular weight excluding hydrogens is 358 g/mol. The summed E-state index contributed by atoms with van der Waals surface area (Å²) in [6.45, 7) is 2.26. The van der Waals surface area contributed by atoms with Crippen molar-refractivity contribution in [1.29, 1.82) is 0 Å². The average molecular weight is 377 g/mol. The molecule has 2 aromatic heterocycles. The van der Waals surface area contributed by atoms with E-state index in [4.69, 9.17) is 13.9 Å². The van der Waals surface area contributed by atoms with Crippen molar-refractivity contribution in [3.8, 4) is 5.75 Å². The molecule has 138 valence electrons. The minimum absolute atomic E-state index is 0.0679. The summed E-state index contributed by atoms with van der Waals surface area (Å²) in [5.41, 5.74) is 1.01. The Morgan fingerprint density at radius 3 is 3.08 bits per heavy atom. The molecule has 0 fully saturated rings. The Hall–Kier alpha value is -2.49. The Balaban J connectivity index is 1.54. The molecule has 26 heavy (non-hydrogen) atoms. The molecule has 9 heteroatoms.